The molecule has 0 aromatic heterocycles. The first-order valence-corrected chi connectivity index (χ1v) is 6.22. The highest BCUT2D eigenvalue weighted by Gasteiger charge is 2.02. The van der Waals surface area contributed by atoms with Crippen molar-refractivity contribution in [2.24, 2.45) is 0 Å². The summed E-state index contributed by atoms with van der Waals surface area (Å²) >= 11 is 0. The summed E-state index contributed by atoms with van der Waals surface area (Å²) in [5.41, 5.74) is 0. The number of carboxylic acids is 1. The van der Waals surface area contributed by atoms with Crippen molar-refractivity contribution in [3.63, 3.8) is 0 Å². The highest BCUT2D eigenvalue weighted by molar-refractivity contribution is 5.66. The van der Waals surface area contributed by atoms with Gasteiger partial charge >= 0.3 is 5.97 Å². The second kappa shape index (κ2) is 10.9. The van der Waals surface area contributed by atoms with Crippen molar-refractivity contribution in [2.45, 2.75) is 39.5 Å². The predicted molar refractivity (Wildman–Crippen MR) is 64.7 cm³/mol. The van der Waals surface area contributed by atoms with Crippen LogP contribution >= 0.6 is 0 Å². The fourth-order valence-corrected chi connectivity index (χ4v) is 1.62. The first-order valence-electron chi connectivity index (χ1n) is 6.22. The number of nitrogens with zero attached hydrogens (tertiary/aromatic N) is 1. The lowest BCUT2D eigenvalue weighted by Gasteiger charge is -2.20. The second-order valence-electron chi connectivity index (χ2n) is 3.95. The van der Waals surface area contributed by atoms with Crippen LogP contribution in [0.25, 0.3) is 0 Å². The summed E-state index contributed by atoms with van der Waals surface area (Å²) in [5, 5.41) is 8.41. The van der Waals surface area contributed by atoms with E-state index in [9.17, 15) is 4.79 Å². The lowest BCUT2D eigenvalue weighted by Crippen LogP contribution is -2.27. The van der Waals surface area contributed by atoms with Gasteiger partial charge in [-0.25, -0.2) is 0 Å². The molecule has 0 fully saturated rings. The SMILES string of the molecule is CCCN(CCC)CCCOCCC(=O)O. The molecule has 0 spiro atoms. The predicted octanol–water partition coefficient (Wildman–Crippen LogP) is 1.99. The van der Waals surface area contributed by atoms with Crippen LogP contribution in [-0.2, 0) is 9.53 Å². The van der Waals surface area contributed by atoms with Gasteiger partial charge in [0, 0.05) is 13.2 Å². The molecule has 0 unspecified atom stereocenters. The minimum absolute atomic E-state index is 0.105. The normalized spacial score (nSPS) is 10.9. The van der Waals surface area contributed by atoms with Gasteiger partial charge in [0.2, 0.25) is 0 Å². The maximum absolute atomic E-state index is 10.2. The third-order valence-electron chi connectivity index (χ3n) is 2.30. The maximum atomic E-state index is 10.2. The third kappa shape index (κ3) is 9.93. The van der Waals surface area contributed by atoms with Crippen molar-refractivity contribution in [1.82, 2.24) is 4.90 Å². The topological polar surface area (TPSA) is 49.8 Å². The Hall–Kier alpha value is -0.610. The molecule has 0 amide bonds. The molecule has 96 valence electrons. The van der Waals surface area contributed by atoms with Crippen molar-refractivity contribution in [1.29, 1.82) is 0 Å². The number of ether oxygens (including phenoxy) is 1. The lowest BCUT2D eigenvalue weighted by molar-refractivity contribution is -0.138. The molecule has 0 atom stereocenters. The van der Waals surface area contributed by atoms with Gasteiger partial charge in [0.15, 0.2) is 0 Å². The van der Waals surface area contributed by atoms with Crippen molar-refractivity contribution in [2.75, 3.05) is 32.8 Å². The van der Waals surface area contributed by atoms with Crippen LogP contribution in [0.5, 0.6) is 0 Å². The molecule has 4 heteroatoms. The molecule has 16 heavy (non-hydrogen) atoms. The summed E-state index contributed by atoms with van der Waals surface area (Å²) in [6.45, 7) is 8.70. The van der Waals surface area contributed by atoms with Crippen LogP contribution in [0.4, 0.5) is 0 Å². The smallest absolute Gasteiger partial charge is 0.305 e. The fourth-order valence-electron chi connectivity index (χ4n) is 1.62. The Morgan fingerprint density at radius 3 is 2.25 bits per heavy atom. The number of rotatable bonds is 11. The van der Waals surface area contributed by atoms with Gasteiger partial charge in [-0.05, 0) is 32.4 Å². The second-order valence-corrected chi connectivity index (χ2v) is 3.95. The summed E-state index contributed by atoms with van der Waals surface area (Å²) in [6, 6.07) is 0. The van der Waals surface area contributed by atoms with E-state index >= 15 is 0 Å². The molecule has 0 bridgehead atoms. The maximum Gasteiger partial charge on any atom is 0.305 e. The fraction of sp³-hybridized carbons (Fsp3) is 0.917. The number of hydrogen-bond acceptors (Lipinski definition) is 3. The van der Waals surface area contributed by atoms with Crippen molar-refractivity contribution in [3.8, 4) is 0 Å². The molecule has 0 rings (SSSR count). The number of carboxylic acid groups (broad SMARTS) is 1. The molecule has 0 aliphatic heterocycles. The zero-order valence-corrected chi connectivity index (χ0v) is 10.6. The molecule has 0 saturated carbocycles. The number of carbonyl (C=O) groups is 1. The summed E-state index contributed by atoms with van der Waals surface area (Å²) in [4.78, 5) is 12.7. The van der Waals surface area contributed by atoms with Crippen LogP contribution in [0.15, 0.2) is 0 Å². The minimum atomic E-state index is -0.793. The van der Waals surface area contributed by atoms with Gasteiger partial charge in [0.25, 0.3) is 0 Å². The van der Waals surface area contributed by atoms with Gasteiger partial charge in [-0.15, -0.1) is 0 Å². The van der Waals surface area contributed by atoms with Crippen molar-refractivity contribution < 1.29 is 14.6 Å². The summed E-state index contributed by atoms with van der Waals surface area (Å²) in [6.07, 6.45) is 3.45. The molecular weight excluding hydrogens is 206 g/mol. The Bertz CT molecular complexity index is 168. The third-order valence-corrected chi connectivity index (χ3v) is 2.30. The van der Waals surface area contributed by atoms with Crippen LogP contribution in [0, 0.1) is 0 Å². The Kier molecular flexibility index (Phi) is 10.5. The average molecular weight is 231 g/mol. The average Bonchev–Trinajstić information content (AvgIpc) is 2.23. The molecule has 0 heterocycles. The molecule has 0 aromatic carbocycles. The van der Waals surface area contributed by atoms with E-state index < -0.39 is 5.97 Å². The number of hydrogen-bond donors (Lipinski definition) is 1. The quantitative estimate of drug-likeness (QED) is 0.552. The highest BCUT2D eigenvalue weighted by atomic mass is 16.5. The van der Waals surface area contributed by atoms with Gasteiger partial charge in [-0.3, -0.25) is 4.79 Å². The zero-order chi connectivity index (χ0) is 12.2. The lowest BCUT2D eigenvalue weighted by atomic mass is 10.3. The van der Waals surface area contributed by atoms with Gasteiger partial charge in [-0.2, -0.15) is 0 Å². The van der Waals surface area contributed by atoms with Gasteiger partial charge in [0.05, 0.1) is 13.0 Å². The van der Waals surface area contributed by atoms with Crippen LogP contribution in [0.1, 0.15) is 39.5 Å². The Morgan fingerprint density at radius 2 is 1.75 bits per heavy atom. The van der Waals surface area contributed by atoms with E-state index in [-0.39, 0.29) is 6.42 Å². The van der Waals surface area contributed by atoms with E-state index in [1.165, 1.54) is 12.8 Å². The molecule has 0 aliphatic carbocycles. The largest absolute Gasteiger partial charge is 0.481 e. The van der Waals surface area contributed by atoms with Crippen LogP contribution in [0.3, 0.4) is 0 Å². The molecular formula is C12H25NO3. The van der Waals surface area contributed by atoms with Crippen LogP contribution in [-0.4, -0.2) is 48.8 Å². The van der Waals surface area contributed by atoms with E-state index in [1.54, 1.807) is 0 Å². The Morgan fingerprint density at radius 1 is 1.12 bits per heavy atom. The standard InChI is InChI=1S/C12H25NO3/c1-3-7-13(8-4-2)9-5-10-16-11-6-12(14)15/h3-11H2,1-2H3,(H,14,15). The molecule has 0 aliphatic rings. The zero-order valence-electron chi connectivity index (χ0n) is 10.6. The van der Waals surface area contributed by atoms with E-state index in [4.69, 9.17) is 9.84 Å². The van der Waals surface area contributed by atoms with E-state index in [1.807, 2.05) is 0 Å². The van der Waals surface area contributed by atoms with Crippen molar-refractivity contribution in [3.05, 3.63) is 0 Å². The summed E-state index contributed by atoms with van der Waals surface area (Å²) in [7, 11) is 0. The number of aliphatic carboxylic acids is 1. The van der Waals surface area contributed by atoms with Crippen molar-refractivity contribution >= 4 is 5.97 Å². The van der Waals surface area contributed by atoms with E-state index in [2.05, 4.69) is 18.7 Å². The summed E-state index contributed by atoms with van der Waals surface area (Å²) < 4.78 is 5.24. The monoisotopic (exact) mass is 231 g/mol. The summed E-state index contributed by atoms with van der Waals surface area (Å²) in [5.74, 6) is -0.793. The molecule has 0 saturated heterocycles. The van der Waals surface area contributed by atoms with Gasteiger partial charge in [-0.1, -0.05) is 13.8 Å². The minimum Gasteiger partial charge on any atom is -0.481 e. The van der Waals surface area contributed by atoms with Crippen LogP contribution < -0.4 is 0 Å². The van der Waals surface area contributed by atoms with Gasteiger partial charge < -0.3 is 14.7 Å². The molecule has 0 aromatic rings. The first kappa shape index (κ1) is 15.4. The molecule has 0 radical (unpaired) electrons. The first-order chi connectivity index (χ1) is 7.70. The molecule has 1 N–H and O–H groups in total. The molecule has 4 nitrogen and oxygen atoms in total. The van der Waals surface area contributed by atoms with E-state index in [0.717, 1.165) is 26.1 Å². The Balaban J connectivity index is 3.35. The van der Waals surface area contributed by atoms with E-state index in [0.29, 0.717) is 13.2 Å². The highest BCUT2D eigenvalue weighted by Crippen LogP contribution is 1.97. The Labute approximate surface area is 98.6 Å². The van der Waals surface area contributed by atoms with Crippen LogP contribution in [0.2, 0.25) is 0 Å². The van der Waals surface area contributed by atoms with Gasteiger partial charge in [0.1, 0.15) is 0 Å².